The van der Waals surface area contributed by atoms with E-state index in [0.717, 1.165) is 12.1 Å². The monoisotopic (exact) mass is 160 g/mol. The number of benzene rings is 1. The molecule has 0 spiro atoms. The summed E-state index contributed by atoms with van der Waals surface area (Å²) < 4.78 is 32.6. The Morgan fingerprint density at radius 3 is 2.20 bits per heavy atom. The Bertz CT molecular complexity index is 244. The van der Waals surface area contributed by atoms with Gasteiger partial charge in [0.15, 0.2) is 4.90 Å². The summed E-state index contributed by atoms with van der Waals surface area (Å²) in [5.41, 5.74) is 0. The molecule has 4 heteroatoms. The molecule has 0 radical (unpaired) electrons. The van der Waals surface area contributed by atoms with Crippen LogP contribution >= 0.6 is 0 Å². The van der Waals surface area contributed by atoms with Gasteiger partial charge in [0.1, 0.15) is 5.82 Å². The number of hydrogen-bond donors (Lipinski definition) is 0. The molecular weight excluding hydrogens is 155 g/mol. The van der Waals surface area contributed by atoms with E-state index in [0.29, 0.717) is 0 Å². The predicted molar refractivity (Wildman–Crippen MR) is 34.9 cm³/mol. The summed E-state index contributed by atoms with van der Waals surface area (Å²) in [4.78, 5) is 0.136. The van der Waals surface area contributed by atoms with Crippen LogP contribution in [0, 0.1) is 5.82 Å². The highest BCUT2D eigenvalue weighted by Crippen LogP contribution is 2.05. The van der Waals surface area contributed by atoms with Crippen LogP contribution in [0.5, 0.6) is 0 Å². The van der Waals surface area contributed by atoms with Gasteiger partial charge in [-0.3, -0.25) is 0 Å². The van der Waals surface area contributed by atoms with E-state index in [1.807, 2.05) is 0 Å². The van der Waals surface area contributed by atoms with E-state index in [2.05, 4.69) is 0 Å². The Morgan fingerprint density at radius 2 is 1.80 bits per heavy atom. The van der Waals surface area contributed by atoms with Crippen molar-refractivity contribution in [1.82, 2.24) is 0 Å². The molecule has 54 valence electrons. The van der Waals surface area contributed by atoms with Crippen molar-refractivity contribution in [2.75, 3.05) is 0 Å². The molecule has 1 unspecified atom stereocenters. The van der Waals surface area contributed by atoms with Crippen LogP contribution in [0.2, 0.25) is 0 Å². The summed E-state index contributed by atoms with van der Waals surface area (Å²) in [6.45, 7) is 0. The summed E-state index contributed by atoms with van der Waals surface area (Å²) in [6.07, 6.45) is 0. The van der Waals surface area contributed by atoms with Crippen LogP contribution in [0.15, 0.2) is 29.2 Å². The third kappa shape index (κ3) is 1.62. The number of thiol groups is 1. The maximum atomic E-state index is 12.2. The quantitative estimate of drug-likeness (QED) is 0.454. The fourth-order valence-electron chi connectivity index (χ4n) is 0.563. The third-order valence-electron chi connectivity index (χ3n) is 1.04. The second kappa shape index (κ2) is 2.90. The van der Waals surface area contributed by atoms with Crippen molar-refractivity contribution >= 4 is 11.1 Å². The highest BCUT2D eigenvalue weighted by atomic mass is 32.2. The van der Waals surface area contributed by atoms with Crippen molar-refractivity contribution < 1.29 is 13.2 Å². The lowest BCUT2D eigenvalue weighted by Gasteiger charge is -1.93. The lowest BCUT2D eigenvalue weighted by Crippen LogP contribution is -1.86. The second-order valence-corrected chi connectivity index (χ2v) is 2.76. The molecule has 0 aliphatic heterocycles. The molecule has 0 bridgehead atoms. The van der Waals surface area contributed by atoms with Crippen LogP contribution in [0.1, 0.15) is 0 Å². The van der Waals surface area contributed by atoms with Gasteiger partial charge in [-0.15, -0.1) is 4.21 Å². The molecule has 1 rings (SSSR count). The van der Waals surface area contributed by atoms with Crippen LogP contribution in [0.4, 0.5) is 4.39 Å². The molecule has 0 fully saturated rings. The molecule has 0 N–H and O–H groups in total. The average Bonchev–Trinajstić information content (AvgIpc) is 1.88. The van der Waals surface area contributed by atoms with E-state index in [4.69, 9.17) is 0 Å². The van der Waals surface area contributed by atoms with E-state index in [1.165, 1.54) is 12.1 Å². The number of rotatable bonds is 1. The third-order valence-corrected chi connectivity index (χ3v) is 1.76. The Labute approximate surface area is 60.0 Å². The summed E-state index contributed by atoms with van der Waals surface area (Å²) in [5, 5.41) is 0. The fourth-order valence-corrected chi connectivity index (χ4v) is 0.955. The zero-order valence-corrected chi connectivity index (χ0v) is 5.85. The van der Waals surface area contributed by atoms with Crippen molar-refractivity contribution in [3.63, 3.8) is 0 Å². The first-order chi connectivity index (χ1) is 4.70. The second-order valence-electron chi connectivity index (χ2n) is 1.73. The van der Waals surface area contributed by atoms with Crippen LogP contribution in [-0.4, -0.2) is 4.55 Å². The van der Waals surface area contributed by atoms with Crippen LogP contribution in [0.3, 0.4) is 0 Å². The maximum absolute atomic E-state index is 12.2. The zero-order valence-electron chi connectivity index (χ0n) is 4.95. The standard InChI is InChI=1S/C6H5FO2S/c7-5-1-3-6(4-2-5)10(8)9/h1-4,10H. The van der Waals surface area contributed by atoms with Crippen LogP contribution in [0.25, 0.3) is 0 Å². The van der Waals surface area contributed by atoms with Crippen molar-refractivity contribution in [1.29, 1.82) is 0 Å². The van der Waals surface area contributed by atoms with Gasteiger partial charge in [0.2, 0.25) is 0 Å². The fraction of sp³-hybridized carbons (Fsp3) is 0. The smallest absolute Gasteiger partial charge is 0.153 e. The van der Waals surface area contributed by atoms with Crippen LogP contribution < -0.4 is 0 Å². The Balaban J connectivity index is 3.00. The highest BCUT2D eigenvalue weighted by Gasteiger charge is 1.97. The van der Waals surface area contributed by atoms with Gasteiger partial charge in [-0.25, -0.2) is 4.39 Å². The van der Waals surface area contributed by atoms with Crippen molar-refractivity contribution in [3.8, 4) is 0 Å². The van der Waals surface area contributed by atoms with Gasteiger partial charge in [-0.2, -0.15) is 0 Å². The molecule has 0 saturated carbocycles. The SMILES string of the molecule is O=[SH+]([O-])c1ccc(F)cc1. The van der Waals surface area contributed by atoms with E-state index >= 15 is 0 Å². The lowest BCUT2D eigenvalue weighted by molar-refractivity contribution is 0.500. The maximum Gasteiger partial charge on any atom is 0.153 e. The van der Waals surface area contributed by atoms with Gasteiger partial charge >= 0.3 is 0 Å². The molecule has 1 aromatic rings. The molecule has 0 saturated heterocycles. The highest BCUT2D eigenvalue weighted by molar-refractivity contribution is 7.79. The molecule has 0 aromatic heterocycles. The predicted octanol–water partition coefficient (Wildman–Crippen LogP) is 1.01. The summed E-state index contributed by atoms with van der Waals surface area (Å²) in [5.74, 6) is -0.430. The van der Waals surface area contributed by atoms with Gasteiger partial charge in [-0.1, -0.05) is 0 Å². The van der Waals surface area contributed by atoms with E-state index < -0.39 is 16.9 Å². The Hall–Kier alpha value is -0.740. The average molecular weight is 160 g/mol. The van der Waals surface area contributed by atoms with Crippen LogP contribution in [-0.2, 0) is 15.3 Å². The zero-order chi connectivity index (χ0) is 7.56. The first-order valence-electron chi connectivity index (χ1n) is 2.60. The Kier molecular flexibility index (Phi) is 2.13. The van der Waals surface area contributed by atoms with Crippen molar-refractivity contribution in [3.05, 3.63) is 30.1 Å². The summed E-state index contributed by atoms with van der Waals surface area (Å²) in [6, 6.07) is 4.67. The van der Waals surface area contributed by atoms with E-state index in [1.54, 1.807) is 0 Å². The molecule has 0 aliphatic carbocycles. The van der Waals surface area contributed by atoms with Crippen molar-refractivity contribution in [2.45, 2.75) is 4.90 Å². The van der Waals surface area contributed by atoms with Gasteiger partial charge in [0.25, 0.3) is 0 Å². The van der Waals surface area contributed by atoms with Gasteiger partial charge < -0.3 is 4.55 Å². The van der Waals surface area contributed by atoms with E-state index in [-0.39, 0.29) is 4.90 Å². The molecular formula is C6H5FO2S. The molecule has 10 heavy (non-hydrogen) atoms. The minimum absolute atomic E-state index is 0.136. The molecule has 1 aromatic carbocycles. The minimum atomic E-state index is -2.57. The first kappa shape index (κ1) is 7.37. The number of halogens is 1. The molecule has 0 aliphatic rings. The van der Waals surface area contributed by atoms with E-state index in [9.17, 15) is 13.2 Å². The summed E-state index contributed by atoms with van der Waals surface area (Å²) >= 11 is -2.57. The van der Waals surface area contributed by atoms with Gasteiger partial charge in [0.05, 0.1) is 11.1 Å². The first-order valence-corrected chi connectivity index (χ1v) is 3.78. The molecule has 0 amide bonds. The Morgan fingerprint density at radius 1 is 1.30 bits per heavy atom. The van der Waals surface area contributed by atoms with Gasteiger partial charge in [0, 0.05) is 0 Å². The molecule has 0 heterocycles. The topological polar surface area (TPSA) is 40.1 Å². The summed E-state index contributed by atoms with van der Waals surface area (Å²) in [7, 11) is 0. The van der Waals surface area contributed by atoms with Gasteiger partial charge in [-0.05, 0) is 24.3 Å². The van der Waals surface area contributed by atoms with Crippen molar-refractivity contribution in [2.24, 2.45) is 0 Å². The lowest BCUT2D eigenvalue weighted by atomic mass is 10.4. The normalized spacial score (nSPS) is 13.0. The minimum Gasteiger partial charge on any atom is -0.612 e. The largest absolute Gasteiger partial charge is 0.612 e. The molecule has 1 atom stereocenters. The molecule has 2 nitrogen and oxygen atoms in total. The number of hydrogen-bond acceptors (Lipinski definition) is 2.